The van der Waals surface area contributed by atoms with Gasteiger partial charge >= 0.3 is 0 Å². The van der Waals surface area contributed by atoms with Gasteiger partial charge in [0.2, 0.25) is 5.95 Å². The standard InChI is InChI=1S/C15H18N6O5/c1-15(2,3)12-13(23)17-14(20-18-12)19-16-7-8-5-10(22)11(26-4)6-9(8)21(24)25/h5-7,22H,1-4H3,(H2,17,19,20,23)/b16-7+. The van der Waals surface area contributed by atoms with E-state index in [1.165, 1.54) is 7.11 Å². The minimum atomic E-state index is -0.636. The largest absolute Gasteiger partial charge is 0.504 e. The number of anilines is 1. The molecule has 0 aliphatic rings. The molecule has 138 valence electrons. The first kappa shape index (κ1) is 18.8. The van der Waals surface area contributed by atoms with Gasteiger partial charge in [0.25, 0.3) is 11.2 Å². The van der Waals surface area contributed by atoms with Crippen molar-refractivity contribution >= 4 is 17.9 Å². The van der Waals surface area contributed by atoms with Crippen LogP contribution >= 0.6 is 0 Å². The van der Waals surface area contributed by atoms with Crippen LogP contribution in [0, 0.1) is 10.1 Å². The Labute approximate surface area is 147 Å². The van der Waals surface area contributed by atoms with Crippen LogP contribution in [-0.4, -0.2) is 38.5 Å². The van der Waals surface area contributed by atoms with Crippen LogP contribution in [-0.2, 0) is 5.41 Å². The first-order chi connectivity index (χ1) is 12.1. The van der Waals surface area contributed by atoms with Crippen LogP contribution in [0.15, 0.2) is 22.0 Å². The lowest BCUT2D eigenvalue weighted by Gasteiger charge is -2.15. The van der Waals surface area contributed by atoms with Gasteiger partial charge in [-0.3, -0.25) is 19.9 Å². The summed E-state index contributed by atoms with van der Waals surface area (Å²) in [5.74, 6) is -0.336. The molecule has 1 aromatic carbocycles. The molecule has 11 nitrogen and oxygen atoms in total. The van der Waals surface area contributed by atoms with E-state index >= 15 is 0 Å². The van der Waals surface area contributed by atoms with E-state index in [-0.39, 0.29) is 34.4 Å². The average Bonchev–Trinajstić information content (AvgIpc) is 2.53. The number of ether oxygens (including phenoxy) is 1. The van der Waals surface area contributed by atoms with E-state index in [1.54, 1.807) is 0 Å². The fourth-order valence-electron chi connectivity index (χ4n) is 2.04. The zero-order valence-corrected chi connectivity index (χ0v) is 14.6. The summed E-state index contributed by atoms with van der Waals surface area (Å²) >= 11 is 0. The van der Waals surface area contributed by atoms with Crippen LogP contribution < -0.4 is 15.7 Å². The van der Waals surface area contributed by atoms with Crippen molar-refractivity contribution in [2.45, 2.75) is 26.2 Å². The lowest BCUT2D eigenvalue weighted by atomic mass is 9.93. The topological polar surface area (TPSA) is 156 Å². The van der Waals surface area contributed by atoms with Gasteiger partial charge in [-0.15, -0.1) is 10.2 Å². The van der Waals surface area contributed by atoms with E-state index in [2.05, 4.69) is 25.7 Å². The Balaban J connectivity index is 2.26. The highest BCUT2D eigenvalue weighted by molar-refractivity contribution is 5.87. The van der Waals surface area contributed by atoms with Gasteiger partial charge in [-0.05, 0) is 6.07 Å². The van der Waals surface area contributed by atoms with Crippen LogP contribution in [0.2, 0.25) is 0 Å². The third-order valence-corrected chi connectivity index (χ3v) is 3.31. The average molecular weight is 362 g/mol. The number of H-pyrrole nitrogens is 1. The molecule has 0 aliphatic heterocycles. The van der Waals surface area contributed by atoms with Crippen molar-refractivity contribution in [3.63, 3.8) is 0 Å². The number of rotatable bonds is 5. The first-order valence-electron chi connectivity index (χ1n) is 7.45. The number of benzene rings is 1. The Hall–Kier alpha value is -3.50. The Bertz CT molecular complexity index is 916. The molecular formula is C15H18N6O5. The molecule has 1 heterocycles. The number of aromatic amines is 1. The van der Waals surface area contributed by atoms with Crippen LogP contribution in [0.1, 0.15) is 32.0 Å². The van der Waals surface area contributed by atoms with Gasteiger partial charge in [-0.25, -0.2) is 5.43 Å². The summed E-state index contributed by atoms with van der Waals surface area (Å²) in [7, 11) is 1.28. The number of nitro groups is 1. The Morgan fingerprint density at radius 1 is 1.38 bits per heavy atom. The summed E-state index contributed by atoms with van der Waals surface area (Å²) in [6, 6.07) is 2.22. The summed E-state index contributed by atoms with van der Waals surface area (Å²) < 4.78 is 4.84. The maximum atomic E-state index is 12.0. The molecule has 0 saturated carbocycles. The molecule has 0 spiro atoms. The van der Waals surface area contributed by atoms with Crippen molar-refractivity contribution in [3.05, 3.63) is 43.9 Å². The minimum Gasteiger partial charge on any atom is -0.504 e. The first-order valence-corrected chi connectivity index (χ1v) is 7.45. The fourth-order valence-corrected chi connectivity index (χ4v) is 2.04. The van der Waals surface area contributed by atoms with E-state index in [0.717, 1.165) is 18.3 Å². The Morgan fingerprint density at radius 3 is 2.62 bits per heavy atom. The highest BCUT2D eigenvalue weighted by Gasteiger charge is 2.20. The highest BCUT2D eigenvalue weighted by Crippen LogP contribution is 2.32. The second-order valence-electron chi connectivity index (χ2n) is 6.31. The number of hydrazone groups is 1. The molecule has 0 unspecified atom stereocenters. The number of nitrogens with zero attached hydrogens (tertiary/aromatic N) is 4. The normalized spacial score (nSPS) is 11.5. The third kappa shape index (κ3) is 4.12. The predicted molar refractivity (Wildman–Crippen MR) is 93.9 cm³/mol. The van der Waals surface area contributed by atoms with Gasteiger partial charge in [0.15, 0.2) is 11.5 Å². The van der Waals surface area contributed by atoms with Crippen molar-refractivity contribution in [3.8, 4) is 11.5 Å². The number of nitrogens with one attached hydrogen (secondary N) is 2. The number of phenols is 1. The van der Waals surface area contributed by atoms with Crippen LogP contribution in [0.4, 0.5) is 11.6 Å². The number of hydrogen-bond donors (Lipinski definition) is 3. The quantitative estimate of drug-likeness (QED) is 0.411. The molecule has 1 aromatic heterocycles. The van der Waals surface area contributed by atoms with Gasteiger partial charge < -0.3 is 9.84 Å². The van der Waals surface area contributed by atoms with Crippen molar-refractivity contribution < 1.29 is 14.8 Å². The minimum absolute atomic E-state index is 0.0281. The maximum Gasteiger partial charge on any atom is 0.282 e. The molecule has 0 fully saturated rings. The number of aromatic nitrogens is 3. The van der Waals surface area contributed by atoms with Crippen molar-refractivity contribution in [1.29, 1.82) is 0 Å². The zero-order chi connectivity index (χ0) is 19.5. The van der Waals surface area contributed by atoms with Crippen molar-refractivity contribution in [2.24, 2.45) is 5.10 Å². The second-order valence-corrected chi connectivity index (χ2v) is 6.31. The zero-order valence-electron chi connectivity index (χ0n) is 14.6. The van der Waals surface area contributed by atoms with E-state index in [1.807, 2.05) is 20.8 Å². The molecular weight excluding hydrogens is 344 g/mol. The summed E-state index contributed by atoms with van der Waals surface area (Å²) in [6.07, 6.45) is 1.11. The molecule has 0 saturated heterocycles. The molecule has 0 amide bonds. The highest BCUT2D eigenvalue weighted by atomic mass is 16.6. The summed E-state index contributed by atoms with van der Waals surface area (Å²) in [6.45, 7) is 5.48. The van der Waals surface area contributed by atoms with Crippen LogP contribution in [0.3, 0.4) is 0 Å². The van der Waals surface area contributed by atoms with E-state index < -0.39 is 15.9 Å². The molecule has 11 heteroatoms. The molecule has 3 N–H and O–H groups in total. The second kappa shape index (κ2) is 7.17. The lowest BCUT2D eigenvalue weighted by molar-refractivity contribution is -0.385. The molecule has 2 rings (SSSR count). The van der Waals surface area contributed by atoms with Gasteiger partial charge in [0.1, 0.15) is 5.69 Å². The molecule has 0 atom stereocenters. The number of nitro benzene ring substituents is 1. The SMILES string of the molecule is COc1cc([N+](=O)[O-])c(/C=N/Nc2nnc(C(C)(C)C)c(=O)[nH]2)cc1O. The smallest absolute Gasteiger partial charge is 0.282 e. The van der Waals surface area contributed by atoms with Crippen LogP contribution in [0.5, 0.6) is 11.5 Å². The molecule has 26 heavy (non-hydrogen) atoms. The Kier molecular flexibility index (Phi) is 5.19. The summed E-state index contributed by atoms with van der Waals surface area (Å²) in [5.41, 5.74) is 1.53. The summed E-state index contributed by atoms with van der Waals surface area (Å²) in [5, 5.41) is 32.3. The molecule has 0 aliphatic carbocycles. The van der Waals surface area contributed by atoms with Gasteiger partial charge in [0.05, 0.1) is 29.9 Å². The fraction of sp³-hybridized carbons (Fsp3) is 0.333. The summed E-state index contributed by atoms with van der Waals surface area (Å²) in [4.78, 5) is 25.0. The monoisotopic (exact) mass is 362 g/mol. The van der Waals surface area contributed by atoms with Crippen molar-refractivity contribution in [1.82, 2.24) is 15.2 Å². The third-order valence-electron chi connectivity index (χ3n) is 3.31. The van der Waals surface area contributed by atoms with Gasteiger partial charge in [0, 0.05) is 5.41 Å². The predicted octanol–water partition coefficient (Wildman–Crippen LogP) is 1.53. The number of aromatic hydroxyl groups is 1. The maximum absolute atomic E-state index is 12.0. The molecule has 0 radical (unpaired) electrons. The molecule has 2 aromatic rings. The van der Waals surface area contributed by atoms with E-state index in [4.69, 9.17) is 4.74 Å². The van der Waals surface area contributed by atoms with Crippen molar-refractivity contribution in [2.75, 3.05) is 12.5 Å². The number of phenolic OH excluding ortho intramolecular Hbond substituents is 1. The molecule has 0 bridgehead atoms. The van der Waals surface area contributed by atoms with Gasteiger partial charge in [-0.2, -0.15) is 5.10 Å². The van der Waals surface area contributed by atoms with E-state index in [0.29, 0.717) is 0 Å². The van der Waals surface area contributed by atoms with Crippen LogP contribution in [0.25, 0.3) is 0 Å². The number of hydrogen-bond acceptors (Lipinski definition) is 9. The van der Waals surface area contributed by atoms with E-state index in [9.17, 15) is 20.0 Å². The number of methoxy groups -OCH3 is 1. The Morgan fingerprint density at radius 2 is 2.08 bits per heavy atom. The van der Waals surface area contributed by atoms with Gasteiger partial charge in [-0.1, -0.05) is 20.8 Å². The lowest BCUT2D eigenvalue weighted by Crippen LogP contribution is -2.28.